The monoisotopic (exact) mass is 423 g/mol. The number of aliphatic imine (C=N–C) groups is 1. The highest BCUT2D eigenvalue weighted by atomic mass is 127. The summed E-state index contributed by atoms with van der Waals surface area (Å²) in [7, 11) is 0. The van der Waals surface area contributed by atoms with Gasteiger partial charge in [0, 0.05) is 45.3 Å². The van der Waals surface area contributed by atoms with E-state index >= 15 is 0 Å². The summed E-state index contributed by atoms with van der Waals surface area (Å²) < 4.78 is 0. The van der Waals surface area contributed by atoms with E-state index in [0.717, 1.165) is 44.6 Å². The Labute approximate surface area is 153 Å². The van der Waals surface area contributed by atoms with Gasteiger partial charge < -0.3 is 15.5 Å². The molecule has 0 saturated carbocycles. The van der Waals surface area contributed by atoms with Crippen LogP contribution in [0.3, 0.4) is 0 Å². The predicted molar refractivity (Wildman–Crippen MR) is 105 cm³/mol. The van der Waals surface area contributed by atoms with Crippen molar-refractivity contribution in [2.24, 2.45) is 16.6 Å². The molecule has 2 fully saturated rings. The number of hydrogen-bond donors (Lipinski definition) is 1. The zero-order valence-corrected chi connectivity index (χ0v) is 16.8. The smallest absolute Gasteiger partial charge is 0.191 e. The summed E-state index contributed by atoms with van der Waals surface area (Å²) in [5, 5.41) is 0. The molecule has 22 heavy (non-hydrogen) atoms. The summed E-state index contributed by atoms with van der Waals surface area (Å²) in [6, 6.07) is 0.491. The molecule has 2 aliphatic heterocycles. The van der Waals surface area contributed by atoms with E-state index in [0.29, 0.717) is 6.04 Å². The van der Waals surface area contributed by atoms with E-state index in [4.69, 9.17) is 5.73 Å². The predicted octanol–water partition coefficient (Wildman–Crippen LogP) is 1.68. The van der Waals surface area contributed by atoms with Crippen LogP contribution >= 0.6 is 24.0 Å². The molecule has 2 aliphatic rings. The quantitative estimate of drug-likeness (QED) is 0.425. The lowest BCUT2D eigenvalue weighted by Gasteiger charge is -2.37. The Kier molecular flexibility index (Phi) is 9.01. The minimum Gasteiger partial charge on any atom is -0.370 e. The maximum absolute atomic E-state index is 6.18. The van der Waals surface area contributed by atoms with E-state index in [1.165, 1.54) is 32.5 Å². The van der Waals surface area contributed by atoms with E-state index in [1.807, 2.05) is 0 Å². The van der Waals surface area contributed by atoms with Crippen LogP contribution in [0.1, 0.15) is 33.6 Å². The molecule has 2 rings (SSSR count). The van der Waals surface area contributed by atoms with Gasteiger partial charge in [-0.3, -0.25) is 9.89 Å². The first-order valence-corrected chi connectivity index (χ1v) is 8.61. The maximum atomic E-state index is 6.18. The van der Waals surface area contributed by atoms with Crippen LogP contribution in [0.25, 0.3) is 0 Å². The molecule has 2 heterocycles. The molecule has 0 aromatic rings. The standard InChI is InChI=1S/C16H33N5.HI/c1-4-19-8-10-20(11-9-19)15(3)12-18-16(17)21-7-5-6-14(2)13-21;/h14-15H,4-13H2,1-3H3,(H2,17,18);1H. The van der Waals surface area contributed by atoms with Gasteiger partial charge in [-0.05, 0) is 32.2 Å². The molecule has 2 atom stereocenters. The third-order valence-corrected chi connectivity index (χ3v) is 4.98. The van der Waals surface area contributed by atoms with Crippen LogP contribution in [-0.4, -0.2) is 79.1 Å². The molecule has 130 valence electrons. The second-order valence-electron chi connectivity index (χ2n) is 6.71. The van der Waals surface area contributed by atoms with E-state index in [9.17, 15) is 0 Å². The molecule has 0 bridgehead atoms. The van der Waals surface area contributed by atoms with E-state index in [-0.39, 0.29) is 24.0 Å². The van der Waals surface area contributed by atoms with Crippen molar-refractivity contribution in [1.29, 1.82) is 0 Å². The Balaban J connectivity index is 0.00000242. The van der Waals surface area contributed by atoms with Gasteiger partial charge >= 0.3 is 0 Å². The van der Waals surface area contributed by atoms with Crippen LogP contribution in [0, 0.1) is 5.92 Å². The molecular formula is C16H34IN5. The van der Waals surface area contributed by atoms with Crippen LogP contribution in [0.4, 0.5) is 0 Å². The van der Waals surface area contributed by atoms with Gasteiger partial charge in [0.15, 0.2) is 5.96 Å². The number of piperazine rings is 1. The first-order valence-electron chi connectivity index (χ1n) is 8.61. The minimum absolute atomic E-state index is 0. The molecule has 0 spiro atoms. The Morgan fingerprint density at radius 3 is 2.50 bits per heavy atom. The average Bonchev–Trinajstić information content (AvgIpc) is 2.52. The van der Waals surface area contributed by atoms with Crippen molar-refractivity contribution in [2.75, 3.05) is 52.4 Å². The highest BCUT2D eigenvalue weighted by molar-refractivity contribution is 14.0. The van der Waals surface area contributed by atoms with Gasteiger partial charge in [-0.25, -0.2) is 0 Å². The highest BCUT2D eigenvalue weighted by Crippen LogP contribution is 2.15. The Bertz CT molecular complexity index is 341. The zero-order chi connectivity index (χ0) is 15.2. The first-order chi connectivity index (χ1) is 10.1. The van der Waals surface area contributed by atoms with Crippen molar-refractivity contribution >= 4 is 29.9 Å². The number of likely N-dealkylation sites (tertiary alicyclic amines) is 1. The van der Waals surface area contributed by atoms with Gasteiger partial charge in [-0.1, -0.05) is 13.8 Å². The van der Waals surface area contributed by atoms with Crippen molar-refractivity contribution < 1.29 is 0 Å². The van der Waals surface area contributed by atoms with Gasteiger partial charge in [0.05, 0.1) is 6.54 Å². The summed E-state index contributed by atoms with van der Waals surface area (Å²) >= 11 is 0. The molecule has 0 aliphatic carbocycles. The number of nitrogens with zero attached hydrogens (tertiary/aromatic N) is 4. The SMILES string of the molecule is CCN1CCN(C(C)CN=C(N)N2CCCC(C)C2)CC1.I. The van der Waals surface area contributed by atoms with Crippen LogP contribution < -0.4 is 5.73 Å². The molecule has 5 nitrogen and oxygen atoms in total. The maximum Gasteiger partial charge on any atom is 0.191 e. The fraction of sp³-hybridized carbons (Fsp3) is 0.938. The van der Waals surface area contributed by atoms with Crippen LogP contribution in [0.15, 0.2) is 4.99 Å². The number of nitrogens with two attached hydrogens (primary N) is 1. The minimum atomic E-state index is 0. The zero-order valence-electron chi connectivity index (χ0n) is 14.5. The van der Waals surface area contributed by atoms with Crippen molar-refractivity contribution in [2.45, 2.75) is 39.7 Å². The van der Waals surface area contributed by atoms with Crippen LogP contribution in [0.2, 0.25) is 0 Å². The van der Waals surface area contributed by atoms with E-state index in [2.05, 4.69) is 40.5 Å². The first kappa shape index (κ1) is 20.0. The van der Waals surface area contributed by atoms with Crippen molar-refractivity contribution in [3.63, 3.8) is 0 Å². The van der Waals surface area contributed by atoms with Gasteiger partial charge in [-0.2, -0.15) is 0 Å². The van der Waals surface area contributed by atoms with E-state index in [1.54, 1.807) is 0 Å². The summed E-state index contributed by atoms with van der Waals surface area (Å²) in [6.45, 7) is 15.6. The Morgan fingerprint density at radius 1 is 1.23 bits per heavy atom. The van der Waals surface area contributed by atoms with Crippen molar-refractivity contribution in [1.82, 2.24) is 14.7 Å². The molecule has 0 aromatic heterocycles. The number of halogens is 1. The lowest BCUT2D eigenvalue weighted by Crippen LogP contribution is -2.50. The third-order valence-electron chi connectivity index (χ3n) is 4.98. The lowest BCUT2D eigenvalue weighted by atomic mass is 10.0. The topological polar surface area (TPSA) is 48.1 Å². The van der Waals surface area contributed by atoms with E-state index < -0.39 is 0 Å². The van der Waals surface area contributed by atoms with Crippen LogP contribution in [-0.2, 0) is 0 Å². The number of hydrogen-bond acceptors (Lipinski definition) is 3. The highest BCUT2D eigenvalue weighted by Gasteiger charge is 2.21. The molecule has 2 saturated heterocycles. The summed E-state index contributed by atoms with van der Waals surface area (Å²) in [5.74, 6) is 1.49. The second-order valence-corrected chi connectivity index (χ2v) is 6.71. The van der Waals surface area contributed by atoms with Crippen molar-refractivity contribution in [3.05, 3.63) is 0 Å². The molecule has 6 heteroatoms. The fourth-order valence-electron chi connectivity index (χ4n) is 3.36. The average molecular weight is 423 g/mol. The molecular weight excluding hydrogens is 389 g/mol. The largest absolute Gasteiger partial charge is 0.370 e. The van der Waals surface area contributed by atoms with Crippen LogP contribution in [0.5, 0.6) is 0 Å². The molecule has 2 unspecified atom stereocenters. The van der Waals surface area contributed by atoms with Crippen molar-refractivity contribution in [3.8, 4) is 0 Å². The molecule has 0 radical (unpaired) electrons. The second kappa shape index (κ2) is 9.93. The number of rotatable bonds is 4. The van der Waals surface area contributed by atoms with Gasteiger partial charge in [0.1, 0.15) is 0 Å². The van der Waals surface area contributed by atoms with Gasteiger partial charge in [0.2, 0.25) is 0 Å². The fourth-order valence-corrected chi connectivity index (χ4v) is 3.36. The Hall–Kier alpha value is -0.0800. The molecule has 2 N–H and O–H groups in total. The number of piperidine rings is 1. The summed E-state index contributed by atoms with van der Waals surface area (Å²) in [4.78, 5) is 12.0. The molecule has 0 aromatic carbocycles. The summed E-state index contributed by atoms with van der Waals surface area (Å²) in [5.41, 5.74) is 6.18. The molecule has 0 amide bonds. The number of guanidine groups is 1. The number of likely N-dealkylation sites (N-methyl/N-ethyl adjacent to an activating group) is 1. The third kappa shape index (κ3) is 5.85. The Morgan fingerprint density at radius 2 is 1.91 bits per heavy atom. The lowest BCUT2D eigenvalue weighted by molar-refractivity contribution is 0.109. The summed E-state index contributed by atoms with van der Waals surface area (Å²) in [6.07, 6.45) is 2.56. The normalized spacial score (nSPS) is 26.6. The van der Waals surface area contributed by atoms with Gasteiger partial charge in [0.25, 0.3) is 0 Å². The van der Waals surface area contributed by atoms with Gasteiger partial charge in [-0.15, -0.1) is 24.0 Å².